The van der Waals surface area contributed by atoms with Gasteiger partial charge in [0.15, 0.2) is 5.78 Å². The van der Waals surface area contributed by atoms with Gasteiger partial charge in [-0.25, -0.2) is 0 Å². The number of benzene rings is 2. The van der Waals surface area contributed by atoms with Crippen LogP contribution in [0.15, 0.2) is 42.5 Å². The van der Waals surface area contributed by atoms with E-state index in [0.717, 1.165) is 12.8 Å². The number of ether oxygens (including phenoxy) is 2. The van der Waals surface area contributed by atoms with Crippen molar-refractivity contribution in [2.75, 3.05) is 7.11 Å². The molecule has 0 aromatic heterocycles. The number of methoxy groups -OCH3 is 1. The highest BCUT2D eigenvalue weighted by Gasteiger charge is 2.38. The van der Waals surface area contributed by atoms with Crippen LogP contribution in [-0.2, 0) is 0 Å². The maximum Gasteiger partial charge on any atom is 0.163 e. The van der Waals surface area contributed by atoms with Crippen molar-refractivity contribution in [1.29, 1.82) is 5.26 Å². The highest BCUT2D eigenvalue weighted by Crippen LogP contribution is 2.35. The van der Waals surface area contributed by atoms with Gasteiger partial charge in [-0.05, 0) is 82.9 Å². The van der Waals surface area contributed by atoms with Crippen molar-refractivity contribution in [2.24, 2.45) is 5.92 Å². The summed E-state index contributed by atoms with van der Waals surface area (Å²) in [6.07, 6.45) is 2.52. The van der Waals surface area contributed by atoms with Crippen LogP contribution < -0.4 is 14.8 Å². The van der Waals surface area contributed by atoms with Crippen LogP contribution >= 0.6 is 0 Å². The Morgan fingerprint density at radius 2 is 1.67 bits per heavy atom. The fraction of sp³-hybridized carbons (Fsp3) is 0.440. The molecule has 1 heterocycles. The second kappa shape index (κ2) is 8.49. The van der Waals surface area contributed by atoms with Crippen LogP contribution in [-0.4, -0.2) is 24.0 Å². The Balaban J connectivity index is 1.67. The summed E-state index contributed by atoms with van der Waals surface area (Å²) in [4.78, 5) is 12.9. The van der Waals surface area contributed by atoms with Crippen molar-refractivity contribution in [3.63, 3.8) is 0 Å². The molecule has 5 nitrogen and oxygen atoms in total. The molecule has 0 amide bonds. The summed E-state index contributed by atoms with van der Waals surface area (Å²) >= 11 is 0. The number of nitriles is 1. The Hall–Kier alpha value is -2.84. The van der Waals surface area contributed by atoms with E-state index in [0.29, 0.717) is 40.7 Å². The summed E-state index contributed by atoms with van der Waals surface area (Å²) in [6.45, 7) is 8.80. The lowest BCUT2D eigenvalue weighted by atomic mass is 9.74. The summed E-state index contributed by atoms with van der Waals surface area (Å²) < 4.78 is 11.0. The number of nitrogens with one attached hydrogen (secondary N) is 1. The highest BCUT2D eigenvalue weighted by atomic mass is 16.5. The van der Waals surface area contributed by atoms with E-state index in [2.05, 4.69) is 39.1 Å². The molecule has 0 bridgehead atoms. The third-order valence-electron chi connectivity index (χ3n) is 5.46. The second-order valence-electron chi connectivity index (χ2n) is 9.39. The van der Waals surface area contributed by atoms with Crippen LogP contribution in [0.2, 0.25) is 0 Å². The lowest BCUT2D eigenvalue weighted by Crippen LogP contribution is -2.57. The number of nitrogens with zero attached hydrogens (tertiary/aromatic N) is 1. The number of carbonyl (C=O) groups excluding carboxylic acids is 1. The molecule has 0 saturated carbocycles. The molecule has 0 aliphatic carbocycles. The molecular formula is C25H30N2O3. The van der Waals surface area contributed by atoms with Gasteiger partial charge in [0.05, 0.1) is 12.7 Å². The van der Waals surface area contributed by atoms with E-state index in [1.807, 2.05) is 0 Å². The predicted octanol–water partition coefficient (Wildman–Crippen LogP) is 5.49. The summed E-state index contributed by atoms with van der Waals surface area (Å²) in [7, 11) is 1.55. The van der Waals surface area contributed by atoms with Crippen LogP contribution in [0.25, 0.3) is 0 Å². The zero-order chi connectivity index (χ0) is 21.9. The standard InChI is InChI=1S/C25H30N2O3/c1-24(2)14-17(15-25(3,4)27-24)12-22(28)18-6-8-20(9-7-18)30-23-11-10-21(29-5)13-19(23)16-26/h6-11,13,17,27H,12,14-15H2,1-5H3. The highest BCUT2D eigenvalue weighted by molar-refractivity contribution is 5.96. The number of ketones is 1. The van der Waals surface area contributed by atoms with Gasteiger partial charge in [-0.3, -0.25) is 4.79 Å². The summed E-state index contributed by atoms with van der Waals surface area (Å²) in [5.41, 5.74) is 1.14. The fourth-order valence-corrected chi connectivity index (χ4v) is 4.71. The first kappa shape index (κ1) is 21.9. The molecule has 0 spiro atoms. The molecule has 158 valence electrons. The van der Waals surface area contributed by atoms with Gasteiger partial charge < -0.3 is 14.8 Å². The molecule has 5 heteroatoms. The van der Waals surface area contributed by atoms with Gasteiger partial charge in [0.2, 0.25) is 0 Å². The molecule has 30 heavy (non-hydrogen) atoms. The van der Waals surface area contributed by atoms with Gasteiger partial charge in [0.1, 0.15) is 23.3 Å². The van der Waals surface area contributed by atoms with Gasteiger partial charge >= 0.3 is 0 Å². The normalized spacial score (nSPS) is 17.7. The smallest absolute Gasteiger partial charge is 0.163 e. The molecule has 2 aromatic rings. The number of Topliss-reactive ketones (excluding diaryl/α,β-unsaturated/α-hetero) is 1. The Morgan fingerprint density at radius 1 is 1.07 bits per heavy atom. The number of carbonyl (C=O) groups is 1. The van der Waals surface area contributed by atoms with Gasteiger partial charge in [0, 0.05) is 29.1 Å². The number of hydrogen-bond donors (Lipinski definition) is 1. The molecule has 1 N–H and O–H groups in total. The molecule has 2 aromatic carbocycles. The van der Waals surface area contributed by atoms with E-state index in [1.54, 1.807) is 49.6 Å². The quantitative estimate of drug-likeness (QED) is 0.642. The molecule has 0 radical (unpaired) electrons. The first-order chi connectivity index (χ1) is 14.1. The van der Waals surface area contributed by atoms with E-state index in [4.69, 9.17) is 9.47 Å². The van der Waals surface area contributed by atoms with Gasteiger partial charge in [-0.1, -0.05) is 0 Å². The maximum absolute atomic E-state index is 12.9. The largest absolute Gasteiger partial charge is 0.497 e. The van der Waals surface area contributed by atoms with E-state index in [1.165, 1.54) is 0 Å². The van der Waals surface area contributed by atoms with Gasteiger partial charge in [0.25, 0.3) is 0 Å². The Kier molecular flexibility index (Phi) is 6.19. The second-order valence-corrected chi connectivity index (χ2v) is 9.39. The minimum atomic E-state index is 0.0290. The van der Waals surface area contributed by atoms with Crippen LogP contribution in [0.3, 0.4) is 0 Å². The third-order valence-corrected chi connectivity index (χ3v) is 5.46. The summed E-state index contributed by atoms with van der Waals surface area (Å²) in [6, 6.07) is 14.3. The van der Waals surface area contributed by atoms with Crippen molar-refractivity contribution in [1.82, 2.24) is 5.32 Å². The van der Waals surface area contributed by atoms with Crippen LogP contribution in [0.4, 0.5) is 0 Å². The SMILES string of the molecule is COc1ccc(Oc2ccc(C(=O)CC3CC(C)(C)NC(C)(C)C3)cc2)c(C#N)c1. The first-order valence-corrected chi connectivity index (χ1v) is 10.3. The van der Waals surface area contributed by atoms with Crippen molar-refractivity contribution in [2.45, 2.75) is 58.0 Å². The molecule has 1 aliphatic rings. The van der Waals surface area contributed by atoms with Crippen molar-refractivity contribution < 1.29 is 14.3 Å². The lowest BCUT2D eigenvalue weighted by molar-refractivity contribution is 0.0864. The fourth-order valence-electron chi connectivity index (χ4n) is 4.71. The lowest BCUT2D eigenvalue weighted by Gasteiger charge is -2.46. The van der Waals surface area contributed by atoms with Gasteiger partial charge in [-0.15, -0.1) is 0 Å². The van der Waals surface area contributed by atoms with Crippen molar-refractivity contribution >= 4 is 5.78 Å². The average Bonchev–Trinajstić information content (AvgIpc) is 2.66. The maximum atomic E-state index is 12.9. The zero-order valence-corrected chi connectivity index (χ0v) is 18.4. The summed E-state index contributed by atoms with van der Waals surface area (Å²) in [5, 5.41) is 13.0. The third kappa shape index (κ3) is 5.40. The molecule has 1 saturated heterocycles. The zero-order valence-electron chi connectivity index (χ0n) is 18.4. The average molecular weight is 407 g/mol. The van der Waals surface area contributed by atoms with Gasteiger partial charge in [-0.2, -0.15) is 5.26 Å². The summed E-state index contributed by atoms with van der Waals surface area (Å²) in [5.74, 6) is 2.15. The molecule has 0 unspecified atom stereocenters. The number of piperidine rings is 1. The Bertz CT molecular complexity index is 939. The Morgan fingerprint density at radius 3 is 2.23 bits per heavy atom. The molecule has 0 atom stereocenters. The predicted molar refractivity (Wildman–Crippen MR) is 117 cm³/mol. The molecule has 3 rings (SSSR count). The van der Waals surface area contributed by atoms with Crippen LogP contribution in [0, 0.1) is 17.2 Å². The topological polar surface area (TPSA) is 71.3 Å². The monoisotopic (exact) mass is 406 g/mol. The van der Waals surface area contributed by atoms with Crippen molar-refractivity contribution in [3.05, 3.63) is 53.6 Å². The minimum Gasteiger partial charge on any atom is -0.497 e. The number of hydrogen-bond acceptors (Lipinski definition) is 5. The van der Waals surface area contributed by atoms with Crippen LogP contribution in [0.1, 0.15) is 62.9 Å². The molecule has 1 fully saturated rings. The molecular weight excluding hydrogens is 376 g/mol. The van der Waals surface area contributed by atoms with Crippen molar-refractivity contribution in [3.8, 4) is 23.3 Å². The number of rotatable bonds is 6. The van der Waals surface area contributed by atoms with E-state index in [-0.39, 0.29) is 16.9 Å². The Labute approximate surface area is 179 Å². The van der Waals surface area contributed by atoms with E-state index < -0.39 is 0 Å². The van der Waals surface area contributed by atoms with Crippen LogP contribution in [0.5, 0.6) is 17.2 Å². The first-order valence-electron chi connectivity index (χ1n) is 10.3. The minimum absolute atomic E-state index is 0.0290. The molecule has 1 aliphatic heterocycles. The van der Waals surface area contributed by atoms with E-state index >= 15 is 0 Å². The van der Waals surface area contributed by atoms with E-state index in [9.17, 15) is 10.1 Å².